The van der Waals surface area contributed by atoms with Crippen molar-refractivity contribution in [2.45, 2.75) is 19.4 Å². The molecule has 96 valence electrons. The molecule has 2 atom stereocenters. The zero-order valence-corrected chi connectivity index (χ0v) is 10.6. The number of benzene rings is 1. The molecule has 1 heterocycles. The summed E-state index contributed by atoms with van der Waals surface area (Å²) in [6, 6.07) is 9.74. The summed E-state index contributed by atoms with van der Waals surface area (Å²) in [7, 11) is 0. The minimum Gasteiger partial charge on any atom is -0.391 e. The van der Waals surface area contributed by atoms with E-state index in [2.05, 4.69) is 0 Å². The van der Waals surface area contributed by atoms with Gasteiger partial charge in [-0.2, -0.15) is 0 Å². The van der Waals surface area contributed by atoms with Gasteiger partial charge in [-0.25, -0.2) is 0 Å². The number of carbonyl (C=O) groups excluding carboxylic acids is 1. The standard InChI is InChI=1S/C15H19NO2/c1-12-9-10-16(11-14(12)17)15(18)8-7-13-5-3-2-4-6-13/h2-8,12,14,17H,9-11H2,1H3/b8-7+. The van der Waals surface area contributed by atoms with E-state index < -0.39 is 6.10 Å². The van der Waals surface area contributed by atoms with Crippen LogP contribution in [-0.2, 0) is 4.79 Å². The molecule has 18 heavy (non-hydrogen) atoms. The number of piperidine rings is 1. The summed E-state index contributed by atoms with van der Waals surface area (Å²) in [5.41, 5.74) is 1.01. The molecule has 2 rings (SSSR count). The number of carbonyl (C=O) groups is 1. The summed E-state index contributed by atoms with van der Waals surface area (Å²) < 4.78 is 0. The molecule has 0 aromatic heterocycles. The highest BCUT2D eigenvalue weighted by Crippen LogP contribution is 2.17. The van der Waals surface area contributed by atoms with Crippen molar-refractivity contribution in [3.63, 3.8) is 0 Å². The maximum absolute atomic E-state index is 12.0. The Hall–Kier alpha value is -1.61. The molecule has 1 saturated heterocycles. The van der Waals surface area contributed by atoms with Gasteiger partial charge in [0, 0.05) is 19.2 Å². The third-order valence-electron chi connectivity index (χ3n) is 3.45. The highest BCUT2D eigenvalue weighted by atomic mass is 16.3. The van der Waals surface area contributed by atoms with Crippen molar-refractivity contribution in [3.05, 3.63) is 42.0 Å². The molecule has 1 aliphatic rings. The van der Waals surface area contributed by atoms with E-state index in [1.807, 2.05) is 43.3 Å². The third-order valence-corrected chi connectivity index (χ3v) is 3.45. The average Bonchev–Trinajstić information content (AvgIpc) is 2.40. The minimum atomic E-state index is -0.396. The van der Waals surface area contributed by atoms with Gasteiger partial charge in [-0.05, 0) is 24.0 Å². The van der Waals surface area contributed by atoms with Crippen molar-refractivity contribution < 1.29 is 9.90 Å². The molecule has 0 spiro atoms. The molecular weight excluding hydrogens is 226 g/mol. The van der Waals surface area contributed by atoms with Crippen LogP contribution in [0.25, 0.3) is 6.08 Å². The van der Waals surface area contributed by atoms with Gasteiger partial charge in [-0.15, -0.1) is 0 Å². The van der Waals surface area contributed by atoms with Gasteiger partial charge in [-0.3, -0.25) is 4.79 Å². The van der Waals surface area contributed by atoms with Crippen LogP contribution >= 0.6 is 0 Å². The van der Waals surface area contributed by atoms with Gasteiger partial charge < -0.3 is 10.0 Å². The van der Waals surface area contributed by atoms with Crippen LogP contribution in [0.1, 0.15) is 18.9 Å². The number of nitrogens with zero attached hydrogens (tertiary/aromatic N) is 1. The largest absolute Gasteiger partial charge is 0.391 e. The topological polar surface area (TPSA) is 40.5 Å². The molecule has 0 aliphatic carbocycles. The minimum absolute atomic E-state index is 0.0233. The number of β-amino-alcohol motifs (C(OH)–C–C–N with tert-alkyl or cyclic N) is 1. The van der Waals surface area contributed by atoms with E-state index in [1.165, 1.54) is 0 Å². The molecule has 1 aromatic rings. The van der Waals surface area contributed by atoms with Gasteiger partial charge in [0.2, 0.25) is 5.91 Å². The monoisotopic (exact) mass is 245 g/mol. The summed E-state index contributed by atoms with van der Waals surface area (Å²) in [5, 5.41) is 9.76. The Bertz CT molecular complexity index is 427. The highest BCUT2D eigenvalue weighted by Gasteiger charge is 2.25. The third kappa shape index (κ3) is 3.20. The predicted molar refractivity (Wildman–Crippen MR) is 71.8 cm³/mol. The predicted octanol–water partition coefficient (Wildman–Crippen LogP) is 1.93. The SMILES string of the molecule is CC1CCN(C(=O)/C=C/c2ccccc2)CC1O. The number of likely N-dealkylation sites (tertiary alicyclic amines) is 1. The van der Waals surface area contributed by atoms with E-state index in [9.17, 15) is 9.90 Å². The van der Waals surface area contributed by atoms with Crippen molar-refractivity contribution in [2.24, 2.45) is 5.92 Å². The van der Waals surface area contributed by atoms with Gasteiger partial charge in [0.15, 0.2) is 0 Å². The maximum Gasteiger partial charge on any atom is 0.246 e. The van der Waals surface area contributed by atoms with Crippen LogP contribution in [0.15, 0.2) is 36.4 Å². The molecule has 3 nitrogen and oxygen atoms in total. The molecular formula is C15H19NO2. The number of hydrogen-bond donors (Lipinski definition) is 1. The zero-order valence-electron chi connectivity index (χ0n) is 10.6. The maximum atomic E-state index is 12.0. The van der Waals surface area contributed by atoms with Gasteiger partial charge in [0.1, 0.15) is 0 Å². The van der Waals surface area contributed by atoms with Crippen LogP contribution in [0, 0.1) is 5.92 Å². The summed E-state index contributed by atoms with van der Waals surface area (Å²) >= 11 is 0. The lowest BCUT2D eigenvalue weighted by Crippen LogP contribution is -2.45. The molecule has 0 bridgehead atoms. The molecule has 1 aromatic carbocycles. The van der Waals surface area contributed by atoms with Crippen molar-refractivity contribution in [1.82, 2.24) is 4.90 Å². The Morgan fingerprint density at radius 1 is 1.39 bits per heavy atom. The summed E-state index contributed by atoms with van der Waals surface area (Å²) in [5.74, 6) is 0.261. The van der Waals surface area contributed by atoms with E-state index in [0.29, 0.717) is 6.54 Å². The zero-order chi connectivity index (χ0) is 13.0. The Morgan fingerprint density at radius 3 is 2.78 bits per heavy atom. The van der Waals surface area contributed by atoms with Gasteiger partial charge in [0.25, 0.3) is 0 Å². The van der Waals surface area contributed by atoms with E-state index in [1.54, 1.807) is 11.0 Å². The fraction of sp³-hybridized carbons (Fsp3) is 0.400. The first-order valence-corrected chi connectivity index (χ1v) is 6.37. The smallest absolute Gasteiger partial charge is 0.246 e. The Morgan fingerprint density at radius 2 is 2.11 bits per heavy atom. The first-order chi connectivity index (χ1) is 8.66. The molecule has 1 aliphatic heterocycles. The molecule has 1 N–H and O–H groups in total. The van der Waals surface area contributed by atoms with E-state index >= 15 is 0 Å². The van der Waals surface area contributed by atoms with Crippen LogP contribution in [0.3, 0.4) is 0 Å². The van der Waals surface area contributed by atoms with Crippen molar-refractivity contribution >= 4 is 12.0 Å². The van der Waals surface area contributed by atoms with Crippen molar-refractivity contribution in [1.29, 1.82) is 0 Å². The van der Waals surface area contributed by atoms with E-state index in [-0.39, 0.29) is 11.8 Å². The Balaban J connectivity index is 1.94. The second-order valence-electron chi connectivity index (χ2n) is 4.86. The van der Waals surface area contributed by atoms with E-state index in [0.717, 1.165) is 18.5 Å². The van der Waals surface area contributed by atoms with Crippen molar-refractivity contribution in [3.8, 4) is 0 Å². The first-order valence-electron chi connectivity index (χ1n) is 6.37. The molecule has 0 radical (unpaired) electrons. The molecule has 3 heteroatoms. The average molecular weight is 245 g/mol. The van der Waals surface area contributed by atoms with Crippen LogP contribution in [0.5, 0.6) is 0 Å². The lowest BCUT2D eigenvalue weighted by atomic mass is 9.96. The number of amides is 1. The first kappa shape index (κ1) is 12.8. The van der Waals surface area contributed by atoms with E-state index in [4.69, 9.17) is 0 Å². The second-order valence-corrected chi connectivity index (χ2v) is 4.86. The van der Waals surface area contributed by atoms with Crippen LogP contribution in [0.4, 0.5) is 0 Å². The van der Waals surface area contributed by atoms with Crippen molar-refractivity contribution in [2.75, 3.05) is 13.1 Å². The molecule has 0 saturated carbocycles. The van der Waals surface area contributed by atoms with Gasteiger partial charge in [0.05, 0.1) is 6.10 Å². The lowest BCUT2D eigenvalue weighted by molar-refractivity contribution is -0.130. The Kier molecular flexibility index (Phi) is 4.15. The summed E-state index contributed by atoms with van der Waals surface area (Å²) in [6.45, 7) is 3.20. The highest BCUT2D eigenvalue weighted by molar-refractivity contribution is 5.91. The quantitative estimate of drug-likeness (QED) is 0.809. The molecule has 2 unspecified atom stereocenters. The van der Waals surface area contributed by atoms with Crippen LogP contribution in [0.2, 0.25) is 0 Å². The molecule has 1 fully saturated rings. The number of aliphatic hydroxyl groups excluding tert-OH is 1. The summed E-state index contributed by atoms with van der Waals surface area (Å²) in [6.07, 6.45) is 3.87. The fourth-order valence-electron chi connectivity index (χ4n) is 2.09. The Labute approximate surface area is 108 Å². The van der Waals surface area contributed by atoms with Crippen LogP contribution < -0.4 is 0 Å². The number of aliphatic hydroxyl groups is 1. The fourth-order valence-corrected chi connectivity index (χ4v) is 2.09. The van der Waals surface area contributed by atoms with Gasteiger partial charge in [-0.1, -0.05) is 37.3 Å². The molecule has 1 amide bonds. The normalized spacial score (nSPS) is 24.4. The van der Waals surface area contributed by atoms with Crippen LogP contribution in [-0.4, -0.2) is 35.1 Å². The summed E-state index contributed by atoms with van der Waals surface area (Å²) in [4.78, 5) is 13.7. The number of hydrogen-bond acceptors (Lipinski definition) is 2. The number of rotatable bonds is 2. The second kappa shape index (κ2) is 5.83. The van der Waals surface area contributed by atoms with Gasteiger partial charge >= 0.3 is 0 Å². The lowest BCUT2D eigenvalue weighted by Gasteiger charge is -2.33.